The van der Waals surface area contributed by atoms with Crippen molar-refractivity contribution in [1.82, 2.24) is 4.90 Å². The normalized spacial score (nSPS) is 22.9. The van der Waals surface area contributed by atoms with Gasteiger partial charge in [0.25, 0.3) is 0 Å². The molecule has 6 heteroatoms. The molecule has 1 aliphatic rings. The number of aliphatic carboxylic acids is 1. The predicted octanol–water partition coefficient (Wildman–Crippen LogP) is 2.66. The number of furan rings is 1. The highest BCUT2D eigenvalue weighted by molar-refractivity contribution is 5.75. The average molecular weight is 281 g/mol. The molecule has 0 bridgehead atoms. The molecule has 0 aliphatic carbocycles. The Morgan fingerprint density at radius 1 is 1.45 bits per heavy atom. The lowest BCUT2D eigenvalue weighted by Gasteiger charge is -2.28. The van der Waals surface area contributed by atoms with Gasteiger partial charge in [0.15, 0.2) is 0 Å². The Bertz CT molecular complexity index is 488. The Hall–Kier alpha value is -1.98. The van der Waals surface area contributed by atoms with Gasteiger partial charge in [-0.15, -0.1) is 0 Å². The van der Waals surface area contributed by atoms with E-state index in [1.165, 1.54) is 11.2 Å². The van der Waals surface area contributed by atoms with Gasteiger partial charge in [0, 0.05) is 6.54 Å². The Labute approximate surface area is 117 Å². The number of rotatable bonds is 2. The molecule has 2 atom stereocenters. The van der Waals surface area contributed by atoms with Gasteiger partial charge in [0.1, 0.15) is 17.4 Å². The first-order chi connectivity index (χ1) is 9.29. The number of amides is 1. The third-order valence-corrected chi connectivity index (χ3v) is 3.18. The minimum absolute atomic E-state index is 0.344. The lowest BCUT2D eigenvalue weighted by atomic mass is 9.99. The summed E-state index contributed by atoms with van der Waals surface area (Å²) >= 11 is 0. The molecule has 20 heavy (non-hydrogen) atoms. The van der Waals surface area contributed by atoms with E-state index in [1.807, 2.05) is 0 Å². The van der Waals surface area contributed by atoms with E-state index < -0.39 is 29.6 Å². The van der Waals surface area contributed by atoms with Crippen molar-refractivity contribution in [3.05, 3.63) is 24.2 Å². The van der Waals surface area contributed by atoms with Crippen LogP contribution in [0.3, 0.4) is 0 Å². The first-order valence-electron chi connectivity index (χ1n) is 6.55. The molecule has 0 spiro atoms. The lowest BCUT2D eigenvalue weighted by molar-refractivity contribution is -0.142. The van der Waals surface area contributed by atoms with Crippen molar-refractivity contribution in [1.29, 1.82) is 0 Å². The molecule has 6 nitrogen and oxygen atoms in total. The van der Waals surface area contributed by atoms with Crippen molar-refractivity contribution in [2.24, 2.45) is 5.92 Å². The fraction of sp³-hybridized carbons (Fsp3) is 0.571. The van der Waals surface area contributed by atoms with Crippen LogP contribution in [0.2, 0.25) is 0 Å². The van der Waals surface area contributed by atoms with E-state index >= 15 is 0 Å². The van der Waals surface area contributed by atoms with E-state index in [0.29, 0.717) is 18.7 Å². The topological polar surface area (TPSA) is 80.0 Å². The van der Waals surface area contributed by atoms with Crippen LogP contribution in [0.5, 0.6) is 0 Å². The van der Waals surface area contributed by atoms with Crippen LogP contribution in [-0.4, -0.2) is 34.2 Å². The number of likely N-dealkylation sites (tertiary alicyclic amines) is 1. The first kappa shape index (κ1) is 14.4. The Morgan fingerprint density at radius 3 is 2.65 bits per heavy atom. The molecule has 1 N–H and O–H groups in total. The molecule has 1 aliphatic heterocycles. The van der Waals surface area contributed by atoms with Gasteiger partial charge in [-0.1, -0.05) is 0 Å². The average Bonchev–Trinajstić information content (AvgIpc) is 2.95. The zero-order chi connectivity index (χ0) is 14.9. The summed E-state index contributed by atoms with van der Waals surface area (Å²) in [5.74, 6) is -1.13. The first-order valence-corrected chi connectivity index (χ1v) is 6.55. The highest BCUT2D eigenvalue weighted by Crippen LogP contribution is 2.38. The van der Waals surface area contributed by atoms with Crippen molar-refractivity contribution in [2.45, 2.75) is 38.8 Å². The molecule has 0 saturated carbocycles. The van der Waals surface area contributed by atoms with E-state index in [0.717, 1.165) is 0 Å². The number of hydrogen-bond donors (Lipinski definition) is 1. The quantitative estimate of drug-likeness (QED) is 0.901. The lowest BCUT2D eigenvalue weighted by Crippen LogP contribution is -2.38. The second-order valence-corrected chi connectivity index (χ2v) is 5.87. The van der Waals surface area contributed by atoms with Crippen LogP contribution in [0, 0.1) is 5.92 Å². The fourth-order valence-electron chi connectivity index (χ4n) is 2.39. The van der Waals surface area contributed by atoms with Crippen molar-refractivity contribution in [3.8, 4) is 0 Å². The van der Waals surface area contributed by atoms with Gasteiger partial charge in [0.2, 0.25) is 0 Å². The molecule has 0 radical (unpaired) electrons. The Kier molecular flexibility index (Phi) is 3.74. The summed E-state index contributed by atoms with van der Waals surface area (Å²) in [7, 11) is 0. The van der Waals surface area contributed by atoms with E-state index in [4.69, 9.17) is 9.15 Å². The molecule has 1 saturated heterocycles. The smallest absolute Gasteiger partial charge is 0.410 e. The van der Waals surface area contributed by atoms with E-state index in [-0.39, 0.29) is 0 Å². The van der Waals surface area contributed by atoms with E-state index in [9.17, 15) is 14.7 Å². The van der Waals surface area contributed by atoms with Crippen LogP contribution in [0.15, 0.2) is 22.8 Å². The Morgan fingerprint density at radius 2 is 2.15 bits per heavy atom. The van der Waals surface area contributed by atoms with Gasteiger partial charge in [-0.3, -0.25) is 9.69 Å². The molecule has 0 unspecified atom stereocenters. The van der Waals surface area contributed by atoms with E-state index in [1.54, 1.807) is 32.9 Å². The summed E-state index contributed by atoms with van der Waals surface area (Å²) in [5.41, 5.74) is -0.619. The highest BCUT2D eigenvalue weighted by atomic mass is 16.6. The number of carboxylic acids is 1. The van der Waals surface area contributed by atoms with Gasteiger partial charge in [0.05, 0.1) is 12.2 Å². The molecular formula is C14H19NO5. The van der Waals surface area contributed by atoms with Gasteiger partial charge < -0.3 is 14.3 Å². The van der Waals surface area contributed by atoms with Crippen LogP contribution in [0.25, 0.3) is 0 Å². The molecule has 0 aromatic carbocycles. The summed E-state index contributed by atoms with van der Waals surface area (Å²) in [6.07, 6.45) is 1.35. The number of ether oxygens (including phenoxy) is 1. The molecule has 1 amide bonds. The summed E-state index contributed by atoms with van der Waals surface area (Å²) in [6.45, 7) is 5.67. The van der Waals surface area contributed by atoms with Crippen LogP contribution in [-0.2, 0) is 9.53 Å². The van der Waals surface area contributed by atoms with Crippen molar-refractivity contribution >= 4 is 12.1 Å². The molecule has 1 aromatic rings. The maximum Gasteiger partial charge on any atom is 0.410 e. The molecule has 2 rings (SSSR count). The second-order valence-electron chi connectivity index (χ2n) is 5.87. The zero-order valence-electron chi connectivity index (χ0n) is 11.8. The van der Waals surface area contributed by atoms with Gasteiger partial charge in [-0.2, -0.15) is 0 Å². The minimum atomic E-state index is -0.933. The number of hydrogen-bond acceptors (Lipinski definition) is 4. The third kappa shape index (κ3) is 2.95. The summed E-state index contributed by atoms with van der Waals surface area (Å²) in [5, 5.41) is 9.29. The van der Waals surface area contributed by atoms with Gasteiger partial charge in [-0.25, -0.2) is 4.79 Å². The Balaban J connectivity index is 2.24. The van der Waals surface area contributed by atoms with Crippen molar-refractivity contribution in [3.63, 3.8) is 0 Å². The molecule has 1 fully saturated rings. The van der Waals surface area contributed by atoms with E-state index in [2.05, 4.69) is 0 Å². The van der Waals surface area contributed by atoms with Crippen LogP contribution >= 0.6 is 0 Å². The van der Waals surface area contributed by atoms with Crippen LogP contribution in [0.4, 0.5) is 4.79 Å². The summed E-state index contributed by atoms with van der Waals surface area (Å²) in [4.78, 5) is 25.0. The number of carboxylic acid groups (broad SMARTS) is 1. The molecule has 110 valence electrons. The van der Waals surface area contributed by atoms with Crippen LogP contribution in [0.1, 0.15) is 39.0 Å². The molecule has 1 aromatic heterocycles. The number of carbonyl (C=O) groups excluding carboxylic acids is 1. The molecule has 2 heterocycles. The summed E-state index contributed by atoms with van der Waals surface area (Å²) in [6, 6.07) is 2.75. The minimum Gasteiger partial charge on any atom is -0.481 e. The zero-order valence-corrected chi connectivity index (χ0v) is 11.8. The van der Waals surface area contributed by atoms with Crippen LogP contribution < -0.4 is 0 Å². The maximum atomic E-state index is 12.2. The SMILES string of the molecule is CC(C)(C)OC(=O)N1CC[C@@H](C(=O)O)[C@H]1c1ccco1. The van der Waals surface area contributed by atoms with Gasteiger partial charge >= 0.3 is 12.1 Å². The number of nitrogens with zero attached hydrogens (tertiary/aromatic N) is 1. The summed E-state index contributed by atoms with van der Waals surface area (Å²) < 4.78 is 10.6. The third-order valence-electron chi connectivity index (χ3n) is 3.18. The van der Waals surface area contributed by atoms with Crippen molar-refractivity contribution in [2.75, 3.05) is 6.54 Å². The highest BCUT2D eigenvalue weighted by Gasteiger charge is 2.45. The fourth-order valence-corrected chi connectivity index (χ4v) is 2.39. The predicted molar refractivity (Wildman–Crippen MR) is 70.1 cm³/mol. The number of carbonyl (C=O) groups is 2. The van der Waals surface area contributed by atoms with Crippen molar-refractivity contribution < 1.29 is 23.8 Å². The molecular weight excluding hydrogens is 262 g/mol. The maximum absolute atomic E-state index is 12.2. The van der Waals surface area contributed by atoms with Gasteiger partial charge in [-0.05, 0) is 39.3 Å². The standard InChI is InChI=1S/C14H19NO5/c1-14(2,3)20-13(18)15-7-6-9(12(16)17)11(15)10-5-4-8-19-10/h4-5,8-9,11H,6-7H2,1-3H3,(H,16,17)/t9-,11+/m1/s1. The second kappa shape index (κ2) is 5.19. The largest absolute Gasteiger partial charge is 0.481 e. The monoisotopic (exact) mass is 281 g/mol.